The molecule has 1 aliphatic rings. The van der Waals surface area contributed by atoms with Gasteiger partial charge in [-0.05, 0) is 48.4 Å². The molecule has 124 valence electrons. The molecule has 1 fully saturated rings. The van der Waals surface area contributed by atoms with Gasteiger partial charge in [-0.3, -0.25) is 9.69 Å². The van der Waals surface area contributed by atoms with E-state index in [1.54, 1.807) is 11.3 Å². The summed E-state index contributed by atoms with van der Waals surface area (Å²) in [7, 11) is 0. The van der Waals surface area contributed by atoms with Gasteiger partial charge >= 0.3 is 5.97 Å². The van der Waals surface area contributed by atoms with Crippen LogP contribution in [0.25, 0.3) is 10.1 Å². The van der Waals surface area contributed by atoms with Gasteiger partial charge in [0, 0.05) is 21.0 Å². The average Bonchev–Trinajstić information content (AvgIpc) is 3.25. The van der Waals surface area contributed by atoms with Crippen molar-refractivity contribution in [1.29, 1.82) is 0 Å². The van der Waals surface area contributed by atoms with E-state index in [1.165, 1.54) is 19.8 Å². The summed E-state index contributed by atoms with van der Waals surface area (Å²) in [6.45, 7) is 1.59. The highest BCUT2D eigenvalue weighted by atomic mass is 32.1. The number of likely N-dealkylation sites (tertiary alicyclic amines) is 1. The number of hydrogen-bond acceptors (Lipinski definition) is 4. The standard InChI is InChI=1S/C19H19NO2S2/c21-19(22)14-6-3-9-20(12-14)18(16-8-4-10-23-16)17-11-13-5-1-2-7-15(13)24-17/h1-2,4-5,7-8,10-11,14,18H,3,6,9,12H2,(H,21,22). The third kappa shape index (κ3) is 2.99. The van der Waals surface area contributed by atoms with Crippen LogP contribution in [0.2, 0.25) is 0 Å². The third-order valence-electron chi connectivity index (χ3n) is 4.69. The maximum atomic E-state index is 11.5. The van der Waals surface area contributed by atoms with Crippen molar-refractivity contribution in [2.45, 2.75) is 18.9 Å². The molecule has 2 atom stereocenters. The first-order chi connectivity index (χ1) is 11.7. The Morgan fingerprint density at radius 3 is 2.83 bits per heavy atom. The van der Waals surface area contributed by atoms with Crippen molar-refractivity contribution in [2.24, 2.45) is 5.92 Å². The molecule has 0 spiro atoms. The Balaban J connectivity index is 1.73. The largest absolute Gasteiger partial charge is 0.481 e. The number of piperidine rings is 1. The molecule has 3 aromatic rings. The topological polar surface area (TPSA) is 40.5 Å². The lowest BCUT2D eigenvalue weighted by atomic mass is 9.96. The van der Waals surface area contributed by atoms with Crippen LogP contribution < -0.4 is 0 Å². The van der Waals surface area contributed by atoms with Gasteiger partial charge in [0.05, 0.1) is 12.0 Å². The Bertz CT molecular complexity index is 807. The predicted octanol–water partition coefficient (Wildman–Crippen LogP) is 4.85. The van der Waals surface area contributed by atoms with Crippen LogP contribution >= 0.6 is 22.7 Å². The van der Waals surface area contributed by atoms with Gasteiger partial charge in [0.1, 0.15) is 0 Å². The number of benzene rings is 1. The smallest absolute Gasteiger partial charge is 0.307 e. The molecule has 3 heterocycles. The predicted molar refractivity (Wildman–Crippen MR) is 99.9 cm³/mol. The molecule has 1 aliphatic heterocycles. The molecule has 0 amide bonds. The Morgan fingerprint density at radius 2 is 2.08 bits per heavy atom. The molecule has 0 bridgehead atoms. The fraction of sp³-hybridized carbons (Fsp3) is 0.316. The van der Waals surface area contributed by atoms with Crippen molar-refractivity contribution in [3.8, 4) is 0 Å². The molecule has 1 N–H and O–H groups in total. The molecule has 0 saturated carbocycles. The first-order valence-corrected chi connectivity index (χ1v) is 9.91. The molecule has 4 rings (SSSR count). The quantitative estimate of drug-likeness (QED) is 0.726. The minimum Gasteiger partial charge on any atom is -0.481 e. The van der Waals surface area contributed by atoms with E-state index in [9.17, 15) is 9.90 Å². The Kier molecular flexibility index (Phi) is 4.39. The van der Waals surface area contributed by atoms with Gasteiger partial charge in [-0.1, -0.05) is 24.3 Å². The van der Waals surface area contributed by atoms with Crippen LogP contribution in [0.1, 0.15) is 28.6 Å². The number of nitrogens with zero attached hydrogens (tertiary/aromatic N) is 1. The average molecular weight is 358 g/mol. The zero-order chi connectivity index (χ0) is 16.5. The summed E-state index contributed by atoms with van der Waals surface area (Å²) in [5, 5.41) is 12.8. The highest BCUT2D eigenvalue weighted by molar-refractivity contribution is 7.19. The number of carbonyl (C=O) groups is 1. The van der Waals surface area contributed by atoms with E-state index in [0.717, 1.165) is 19.4 Å². The number of thiophene rings is 2. The molecule has 3 nitrogen and oxygen atoms in total. The van der Waals surface area contributed by atoms with Crippen LogP contribution in [0.3, 0.4) is 0 Å². The molecule has 5 heteroatoms. The van der Waals surface area contributed by atoms with Gasteiger partial charge in [-0.15, -0.1) is 22.7 Å². The van der Waals surface area contributed by atoms with E-state index in [0.29, 0.717) is 6.54 Å². The van der Waals surface area contributed by atoms with Crippen LogP contribution in [0, 0.1) is 5.92 Å². The lowest BCUT2D eigenvalue weighted by Crippen LogP contribution is -2.40. The molecular weight excluding hydrogens is 338 g/mol. The summed E-state index contributed by atoms with van der Waals surface area (Å²) in [6.07, 6.45) is 1.74. The minimum atomic E-state index is -0.666. The van der Waals surface area contributed by atoms with Crippen LogP contribution in [-0.2, 0) is 4.79 Å². The van der Waals surface area contributed by atoms with Crippen molar-refractivity contribution in [2.75, 3.05) is 13.1 Å². The number of rotatable bonds is 4. The summed E-state index contributed by atoms with van der Waals surface area (Å²) in [6, 6.07) is 15.1. The van der Waals surface area contributed by atoms with Crippen molar-refractivity contribution in [3.05, 3.63) is 57.6 Å². The van der Waals surface area contributed by atoms with E-state index in [-0.39, 0.29) is 12.0 Å². The zero-order valence-corrected chi connectivity index (χ0v) is 14.9. The van der Waals surface area contributed by atoms with Gasteiger partial charge in [0.2, 0.25) is 0 Å². The number of carboxylic acid groups (broad SMARTS) is 1. The number of carboxylic acids is 1. The molecule has 1 saturated heterocycles. The number of fused-ring (bicyclic) bond motifs is 1. The highest BCUT2D eigenvalue weighted by Crippen LogP contribution is 2.40. The molecular formula is C19H19NO2S2. The van der Waals surface area contributed by atoms with Gasteiger partial charge in [-0.2, -0.15) is 0 Å². The van der Waals surface area contributed by atoms with E-state index in [1.807, 2.05) is 11.3 Å². The maximum absolute atomic E-state index is 11.5. The third-order valence-corrected chi connectivity index (χ3v) is 6.79. The van der Waals surface area contributed by atoms with Crippen molar-refractivity contribution >= 4 is 38.7 Å². The van der Waals surface area contributed by atoms with Crippen molar-refractivity contribution in [1.82, 2.24) is 4.90 Å². The van der Waals surface area contributed by atoms with Crippen LogP contribution in [0.15, 0.2) is 47.8 Å². The normalized spacial score (nSPS) is 20.2. The fourth-order valence-electron chi connectivity index (χ4n) is 3.53. The van der Waals surface area contributed by atoms with E-state index < -0.39 is 5.97 Å². The summed E-state index contributed by atoms with van der Waals surface area (Å²) >= 11 is 3.58. The second kappa shape index (κ2) is 6.67. The van der Waals surface area contributed by atoms with Crippen LogP contribution in [-0.4, -0.2) is 29.1 Å². The van der Waals surface area contributed by atoms with Gasteiger partial charge in [0.25, 0.3) is 0 Å². The summed E-state index contributed by atoms with van der Waals surface area (Å²) in [5.41, 5.74) is 0. The number of aliphatic carboxylic acids is 1. The van der Waals surface area contributed by atoms with Crippen molar-refractivity contribution in [3.63, 3.8) is 0 Å². The minimum absolute atomic E-state index is 0.171. The molecule has 0 radical (unpaired) electrons. The molecule has 2 aromatic heterocycles. The summed E-state index contributed by atoms with van der Waals surface area (Å²) in [4.78, 5) is 16.4. The molecule has 1 aromatic carbocycles. The lowest BCUT2D eigenvalue weighted by Gasteiger charge is -2.36. The molecule has 0 aliphatic carbocycles. The van der Waals surface area contributed by atoms with Gasteiger partial charge < -0.3 is 5.11 Å². The second-order valence-corrected chi connectivity index (χ2v) is 8.37. The fourth-order valence-corrected chi connectivity index (χ4v) is 5.70. The SMILES string of the molecule is O=C(O)C1CCCN(C(c2cccs2)c2cc3ccccc3s2)C1. The summed E-state index contributed by atoms with van der Waals surface area (Å²) < 4.78 is 1.29. The first-order valence-electron chi connectivity index (χ1n) is 8.21. The maximum Gasteiger partial charge on any atom is 0.307 e. The molecule has 24 heavy (non-hydrogen) atoms. The summed E-state index contributed by atoms with van der Waals surface area (Å²) in [5.74, 6) is -0.920. The number of hydrogen-bond donors (Lipinski definition) is 1. The Hall–Kier alpha value is -1.69. The van der Waals surface area contributed by atoms with Crippen LogP contribution in [0.5, 0.6) is 0 Å². The Labute approximate surface area is 149 Å². The van der Waals surface area contributed by atoms with Crippen molar-refractivity contribution < 1.29 is 9.90 Å². The second-order valence-electron chi connectivity index (χ2n) is 6.28. The van der Waals surface area contributed by atoms with Gasteiger partial charge in [-0.25, -0.2) is 0 Å². The van der Waals surface area contributed by atoms with E-state index >= 15 is 0 Å². The lowest BCUT2D eigenvalue weighted by molar-refractivity contribution is -0.143. The van der Waals surface area contributed by atoms with E-state index in [4.69, 9.17) is 0 Å². The highest BCUT2D eigenvalue weighted by Gasteiger charge is 2.32. The van der Waals surface area contributed by atoms with Gasteiger partial charge in [0.15, 0.2) is 0 Å². The molecule has 2 unspecified atom stereocenters. The monoisotopic (exact) mass is 357 g/mol. The first kappa shape index (κ1) is 15.8. The Morgan fingerprint density at radius 1 is 1.21 bits per heavy atom. The zero-order valence-electron chi connectivity index (χ0n) is 13.2. The van der Waals surface area contributed by atoms with Crippen LogP contribution in [0.4, 0.5) is 0 Å². The van der Waals surface area contributed by atoms with E-state index in [2.05, 4.69) is 52.7 Å².